The number of fused-ring (bicyclic) bond motifs is 2. The first-order chi connectivity index (χ1) is 17.3. The van der Waals surface area contributed by atoms with Crippen LogP contribution in [0.3, 0.4) is 0 Å². The van der Waals surface area contributed by atoms with Crippen LogP contribution in [0.1, 0.15) is 36.6 Å². The Kier molecular flexibility index (Phi) is 6.01. The van der Waals surface area contributed by atoms with E-state index in [4.69, 9.17) is 31.6 Å². The van der Waals surface area contributed by atoms with E-state index < -0.39 is 63.2 Å². The lowest BCUT2D eigenvalue weighted by atomic mass is 9.89. The average molecular weight is 496 g/mol. The molecule has 1 unspecified atom stereocenters. The smallest absolute Gasteiger partial charge is 0.357 e. The Morgan fingerprint density at radius 3 is 1.69 bits per heavy atom. The molecule has 0 saturated heterocycles. The fraction of sp³-hybridized carbons (Fsp3) is 0.182. The number of hydrogen-bond acceptors (Lipinski definition) is 12. The van der Waals surface area contributed by atoms with Gasteiger partial charge in [-0.1, -0.05) is 10.2 Å². The molecule has 25 nitrogen and oxygen atoms in total. The Labute approximate surface area is 191 Å². The Balaban J connectivity index is 2.69. The highest BCUT2D eigenvalue weighted by Gasteiger charge is 2.70. The summed E-state index contributed by atoms with van der Waals surface area (Å²) in [5.41, 5.74) is 45.7. The molecule has 25 heteroatoms. The number of hydrogen-bond donors (Lipinski definition) is 0. The third kappa shape index (κ3) is 3.16. The minimum absolute atomic E-state index is 0.910. The van der Waals surface area contributed by atoms with Gasteiger partial charge in [-0.15, -0.1) is 0 Å². The first-order valence-corrected chi connectivity index (χ1v) is 8.25. The van der Waals surface area contributed by atoms with Gasteiger partial charge in [0.25, 0.3) is 5.91 Å². The molecule has 1 amide bonds. The zero-order chi connectivity index (χ0) is 26.5. The normalized spacial score (nSPS) is 19.0. The highest BCUT2D eigenvalue weighted by Crippen LogP contribution is 2.62. The molecule has 0 spiro atoms. The second kappa shape index (κ2) is 9.03. The van der Waals surface area contributed by atoms with Crippen molar-refractivity contribution in [3.63, 3.8) is 0 Å². The molecule has 2 aliphatic rings. The van der Waals surface area contributed by atoms with Gasteiger partial charge in [-0.05, 0) is 43.4 Å². The van der Waals surface area contributed by atoms with E-state index in [9.17, 15) is 25.4 Å². The van der Waals surface area contributed by atoms with E-state index in [1.807, 2.05) is 0 Å². The number of amides is 1. The van der Waals surface area contributed by atoms with E-state index in [0.29, 0.717) is 0 Å². The van der Waals surface area contributed by atoms with Crippen molar-refractivity contribution in [3.8, 4) is 11.5 Å². The maximum atomic E-state index is 12.8. The fourth-order valence-corrected chi connectivity index (χ4v) is 3.27. The summed E-state index contributed by atoms with van der Waals surface area (Å²) in [7, 11) is 0. The largest absolute Gasteiger partial charge is 0.445 e. The molecule has 0 radical (unpaired) electrons. The van der Waals surface area contributed by atoms with Crippen LogP contribution in [0.15, 0.2) is 31.0 Å². The summed E-state index contributed by atoms with van der Waals surface area (Å²) in [6.07, 6.45) is 0. The molecule has 0 saturated carbocycles. The number of benzene rings is 1. The number of carbonyl (C=O) groups excluding carboxylic acids is 3. The van der Waals surface area contributed by atoms with Gasteiger partial charge in [0.1, 0.15) is 21.9 Å². The number of carbonyl (C=O) groups is 3. The lowest BCUT2D eigenvalue weighted by Crippen LogP contribution is -2.52. The summed E-state index contributed by atoms with van der Waals surface area (Å²) >= 11 is 0. The molecule has 0 aliphatic carbocycles. The minimum atomic E-state index is -3.08. The van der Waals surface area contributed by atoms with Crippen molar-refractivity contribution in [1.29, 1.82) is 0 Å². The van der Waals surface area contributed by atoms with Crippen LogP contribution in [-0.2, 0) is 15.3 Å². The summed E-state index contributed by atoms with van der Waals surface area (Å²) in [6, 6.07) is 0. The zero-order valence-corrected chi connectivity index (χ0v) is 16.4. The second-order valence-electron chi connectivity index (χ2n) is 5.78. The number of azide groups is 5. The van der Waals surface area contributed by atoms with Crippen LogP contribution in [-0.4, -0.2) is 23.8 Å². The molecule has 36 heavy (non-hydrogen) atoms. The first kappa shape index (κ1) is 23.9. The van der Waals surface area contributed by atoms with Gasteiger partial charge in [0.05, 0.1) is 11.1 Å². The molecule has 3 bridgehead atoms. The molecule has 2 heterocycles. The molecule has 0 aromatic heterocycles. The maximum Gasteiger partial charge on any atom is 0.357 e. The van der Waals surface area contributed by atoms with Gasteiger partial charge in [-0.3, -0.25) is 4.79 Å². The summed E-state index contributed by atoms with van der Waals surface area (Å²) in [6.45, 7) is 0. The van der Waals surface area contributed by atoms with E-state index in [1.54, 1.807) is 0 Å². The van der Waals surface area contributed by atoms with Gasteiger partial charge < -0.3 is 19.1 Å². The quantitative estimate of drug-likeness (QED) is 0.215. The Morgan fingerprint density at radius 1 is 0.667 bits per heavy atom. The summed E-state index contributed by atoms with van der Waals surface area (Å²) in [5.74, 6) is -10.1. The summed E-state index contributed by atoms with van der Waals surface area (Å²) < 4.78 is 10.7. The predicted octanol–water partition coefficient (Wildman–Crippen LogP) is 4.42. The topological polar surface area (TPSA) is 381 Å². The van der Waals surface area contributed by atoms with Crippen molar-refractivity contribution in [1.82, 2.24) is 0 Å². The highest BCUT2D eigenvalue weighted by molar-refractivity contribution is 6.14. The van der Waals surface area contributed by atoms with Gasteiger partial charge in [0.2, 0.25) is 5.66 Å². The van der Waals surface area contributed by atoms with Gasteiger partial charge in [0, 0.05) is 35.0 Å². The molecule has 2 aliphatic heterocycles. The zero-order valence-electron chi connectivity index (χ0n) is 16.4. The van der Waals surface area contributed by atoms with Crippen LogP contribution in [0.5, 0.6) is 11.5 Å². The molecular formula is C11N18O7. The summed E-state index contributed by atoms with van der Waals surface area (Å²) in [5, 5.41) is 17.5. The van der Waals surface area contributed by atoms with Gasteiger partial charge >= 0.3 is 17.8 Å². The van der Waals surface area contributed by atoms with E-state index in [2.05, 4.69) is 70.2 Å². The number of nitrogens with zero attached hydrogens (tertiary/aromatic N) is 18. The highest BCUT2D eigenvalue weighted by atomic mass is 16.7. The standard InChI is InChI=1S/C11N18O7/c12-22-18-7(30)2-1(8(31)35-28-26-16)4-6-3(9(32)36-29-27-17)5(2)33-11(34-6,21-25-15)10(4,19-23-13)20-24-14. The molecule has 3 rings (SSSR count). The van der Waals surface area contributed by atoms with Crippen LogP contribution in [0.25, 0.3) is 62.7 Å². The maximum absolute atomic E-state index is 12.8. The van der Waals surface area contributed by atoms with E-state index in [0.717, 1.165) is 0 Å². The van der Waals surface area contributed by atoms with E-state index in [1.165, 1.54) is 0 Å². The third-order valence-corrected chi connectivity index (χ3v) is 4.31. The minimum Gasteiger partial charge on any atom is -0.445 e. The molecule has 1 aromatic rings. The van der Waals surface area contributed by atoms with E-state index in [-0.39, 0.29) is 0 Å². The third-order valence-electron chi connectivity index (χ3n) is 4.31. The monoisotopic (exact) mass is 496 g/mol. The lowest BCUT2D eigenvalue weighted by molar-refractivity contribution is -0.149. The average Bonchev–Trinajstić information content (AvgIpc) is 2.99. The molecule has 1 atom stereocenters. The number of ether oxygens (including phenoxy) is 2. The molecule has 1 aromatic carbocycles. The van der Waals surface area contributed by atoms with Crippen molar-refractivity contribution in [2.45, 2.75) is 11.6 Å². The van der Waals surface area contributed by atoms with Crippen LogP contribution in [0.2, 0.25) is 0 Å². The van der Waals surface area contributed by atoms with Crippen LogP contribution >= 0.6 is 0 Å². The van der Waals surface area contributed by atoms with E-state index >= 15 is 0 Å². The second-order valence-corrected chi connectivity index (χ2v) is 5.78. The van der Waals surface area contributed by atoms with Crippen molar-refractivity contribution in [2.75, 3.05) is 0 Å². The molecule has 0 fully saturated rings. The molecular weight excluding hydrogens is 496 g/mol. The predicted molar refractivity (Wildman–Crippen MR) is 102 cm³/mol. The van der Waals surface area contributed by atoms with Crippen molar-refractivity contribution >= 4 is 17.8 Å². The van der Waals surface area contributed by atoms with Crippen LogP contribution in [0, 0.1) is 0 Å². The Hall–Kier alpha value is -6.71. The van der Waals surface area contributed by atoms with Gasteiger partial charge in [0.15, 0.2) is 5.75 Å². The molecule has 0 N–H and O–H groups in total. The fourth-order valence-electron chi connectivity index (χ4n) is 3.27. The van der Waals surface area contributed by atoms with Gasteiger partial charge in [-0.2, -0.15) is 0 Å². The van der Waals surface area contributed by atoms with Crippen molar-refractivity contribution in [3.05, 3.63) is 84.9 Å². The Bertz CT molecular complexity index is 1530. The Morgan fingerprint density at radius 2 is 1.19 bits per heavy atom. The van der Waals surface area contributed by atoms with Crippen LogP contribution in [0.4, 0.5) is 0 Å². The lowest BCUT2D eigenvalue weighted by Gasteiger charge is -2.35. The van der Waals surface area contributed by atoms with Crippen molar-refractivity contribution in [2.24, 2.45) is 31.0 Å². The first-order valence-electron chi connectivity index (χ1n) is 8.25. The van der Waals surface area contributed by atoms with Gasteiger partial charge in [-0.25, -0.2) is 9.59 Å². The summed E-state index contributed by atoms with van der Waals surface area (Å²) in [4.78, 5) is 60.6. The molecule has 176 valence electrons. The van der Waals surface area contributed by atoms with Crippen LogP contribution < -0.4 is 9.47 Å². The number of rotatable bonds is 8. The van der Waals surface area contributed by atoms with Crippen molar-refractivity contribution < 1.29 is 33.5 Å². The SMILES string of the molecule is [N-]=[N+]=NOC(=O)c1c2c(C(=O)N=[N+]=[N-])c(C(=O)ON=[N+]=[N-])c3c1OC(N=[N+]=[N-])(O2)C3(N=[N+]=[N-])N=[N+]=[N-].